The monoisotopic (exact) mass is 455 g/mol. The highest BCUT2D eigenvalue weighted by Crippen LogP contribution is 2.34. The molecule has 4 rings (SSSR count). The van der Waals surface area contributed by atoms with Crippen molar-refractivity contribution < 1.29 is 23.5 Å². The standard InChI is InChI=1S/C24H22ClNO6/c1-2-19(26-24(29)30-13-14-7-4-3-5-8-14)23(28)32-21-12-20-17(11-18(21)25)15-9-6-10-16(15)22(27)31-20/h3-5,7-8,11-12,19H,2,6,9-10,13H2,1H3,(H,26,29). The smallest absolute Gasteiger partial charge is 0.408 e. The third kappa shape index (κ3) is 4.62. The van der Waals surface area contributed by atoms with Gasteiger partial charge in [0.2, 0.25) is 0 Å². The number of carbonyl (C=O) groups is 2. The first kappa shape index (κ1) is 21.9. The van der Waals surface area contributed by atoms with Crippen molar-refractivity contribution in [1.29, 1.82) is 0 Å². The van der Waals surface area contributed by atoms with Crippen LogP contribution in [0.5, 0.6) is 5.75 Å². The Hall–Kier alpha value is -3.32. The van der Waals surface area contributed by atoms with Crippen LogP contribution in [0.3, 0.4) is 0 Å². The molecule has 7 nitrogen and oxygen atoms in total. The fraction of sp³-hybridized carbons (Fsp3) is 0.292. The molecule has 2 aromatic carbocycles. The lowest BCUT2D eigenvalue weighted by Gasteiger charge is -2.16. The number of nitrogens with one attached hydrogen (secondary N) is 1. The zero-order chi connectivity index (χ0) is 22.7. The van der Waals surface area contributed by atoms with Gasteiger partial charge < -0.3 is 19.2 Å². The third-order valence-electron chi connectivity index (χ3n) is 5.43. The van der Waals surface area contributed by atoms with Crippen LogP contribution in [0.15, 0.2) is 51.7 Å². The number of aryl methyl sites for hydroxylation is 1. The highest BCUT2D eigenvalue weighted by Gasteiger charge is 2.25. The molecule has 1 amide bonds. The molecule has 32 heavy (non-hydrogen) atoms. The van der Waals surface area contributed by atoms with Crippen LogP contribution < -0.4 is 15.7 Å². The first-order valence-electron chi connectivity index (χ1n) is 10.4. The molecule has 0 spiro atoms. The summed E-state index contributed by atoms with van der Waals surface area (Å²) < 4.78 is 16.0. The van der Waals surface area contributed by atoms with Gasteiger partial charge in [0, 0.05) is 17.0 Å². The zero-order valence-corrected chi connectivity index (χ0v) is 18.2. The first-order chi connectivity index (χ1) is 15.5. The molecule has 0 saturated heterocycles. The Kier molecular flexibility index (Phi) is 6.46. The predicted octanol–water partition coefficient (Wildman–Crippen LogP) is 4.55. The molecule has 1 aliphatic carbocycles. The Balaban J connectivity index is 1.45. The van der Waals surface area contributed by atoms with E-state index in [2.05, 4.69) is 5.32 Å². The van der Waals surface area contributed by atoms with E-state index in [1.165, 1.54) is 6.07 Å². The van der Waals surface area contributed by atoms with Gasteiger partial charge in [-0.2, -0.15) is 0 Å². The van der Waals surface area contributed by atoms with E-state index < -0.39 is 18.1 Å². The molecular weight excluding hydrogens is 434 g/mol. The number of esters is 1. The van der Waals surface area contributed by atoms with Gasteiger partial charge in [-0.3, -0.25) is 0 Å². The molecule has 0 bridgehead atoms. The number of fused-ring (bicyclic) bond motifs is 3. The topological polar surface area (TPSA) is 94.8 Å². The van der Waals surface area contributed by atoms with Crippen LogP contribution in [-0.2, 0) is 29.0 Å². The largest absolute Gasteiger partial charge is 0.445 e. The van der Waals surface area contributed by atoms with Gasteiger partial charge >= 0.3 is 17.7 Å². The molecule has 1 aromatic heterocycles. The summed E-state index contributed by atoms with van der Waals surface area (Å²) in [5.74, 6) is -0.642. The normalized spacial score (nSPS) is 13.4. The van der Waals surface area contributed by atoms with Crippen molar-refractivity contribution >= 4 is 34.6 Å². The van der Waals surface area contributed by atoms with Gasteiger partial charge in [-0.05, 0) is 42.9 Å². The lowest BCUT2D eigenvalue weighted by molar-refractivity contribution is -0.136. The minimum Gasteiger partial charge on any atom is -0.445 e. The van der Waals surface area contributed by atoms with Crippen molar-refractivity contribution in [2.45, 2.75) is 45.3 Å². The Morgan fingerprint density at radius 1 is 1.16 bits per heavy atom. The van der Waals surface area contributed by atoms with Crippen LogP contribution >= 0.6 is 11.6 Å². The van der Waals surface area contributed by atoms with Crippen molar-refractivity contribution in [2.24, 2.45) is 0 Å². The van der Waals surface area contributed by atoms with Gasteiger partial charge in [-0.15, -0.1) is 0 Å². The van der Waals surface area contributed by atoms with E-state index in [0.717, 1.165) is 29.4 Å². The van der Waals surface area contributed by atoms with Crippen molar-refractivity contribution in [1.82, 2.24) is 5.32 Å². The average Bonchev–Trinajstić information content (AvgIpc) is 3.29. The highest BCUT2D eigenvalue weighted by atomic mass is 35.5. The van der Waals surface area contributed by atoms with Crippen LogP contribution in [0, 0.1) is 0 Å². The Bertz CT molecular complexity index is 1220. The summed E-state index contributed by atoms with van der Waals surface area (Å²) in [6, 6.07) is 11.4. The van der Waals surface area contributed by atoms with Gasteiger partial charge in [-0.25, -0.2) is 14.4 Å². The summed E-state index contributed by atoms with van der Waals surface area (Å²) >= 11 is 6.35. The second-order valence-corrected chi connectivity index (χ2v) is 7.97. The van der Waals surface area contributed by atoms with Gasteiger partial charge in [0.15, 0.2) is 5.75 Å². The minimum absolute atomic E-state index is 0.0585. The molecule has 1 aliphatic rings. The highest BCUT2D eigenvalue weighted by molar-refractivity contribution is 6.33. The van der Waals surface area contributed by atoms with E-state index in [4.69, 9.17) is 25.5 Å². The third-order valence-corrected chi connectivity index (χ3v) is 5.73. The maximum Gasteiger partial charge on any atom is 0.408 e. The predicted molar refractivity (Wildman–Crippen MR) is 119 cm³/mol. The Morgan fingerprint density at radius 3 is 2.66 bits per heavy atom. The van der Waals surface area contributed by atoms with Gasteiger partial charge in [0.25, 0.3) is 0 Å². The summed E-state index contributed by atoms with van der Waals surface area (Å²) in [6.07, 6.45) is 1.90. The number of hydrogen-bond donors (Lipinski definition) is 1. The van der Waals surface area contributed by atoms with Gasteiger partial charge in [-0.1, -0.05) is 48.9 Å². The van der Waals surface area contributed by atoms with Crippen molar-refractivity contribution in [3.8, 4) is 5.75 Å². The van der Waals surface area contributed by atoms with E-state index in [1.807, 2.05) is 30.3 Å². The van der Waals surface area contributed by atoms with Crippen molar-refractivity contribution in [3.05, 3.63) is 74.6 Å². The van der Waals surface area contributed by atoms with Crippen molar-refractivity contribution in [3.63, 3.8) is 0 Å². The van der Waals surface area contributed by atoms with Crippen LogP contribution in [0.2, 0.25) is 5.02 Å². The number of benzene rings is 2. The van der Waals surface area contributed by atoms with Crippen LogP contribution in [-0.4, -0.2) is 18.1 Å². The van der Waals surface area contributed by atoms with Crippen LogP contribution in [0.1, 0.15) is 36.5 Å². The van der Waals surface area contributed by atoms with Gasteiger partial charge in [0.05, 0.1) is 5.02 Å². The summed E-state index contributed by atoms with van der Waals surface area (Å²) in [7, 11) is 0. The quantitative estimate of drug-likeness (QED) is 0.333. The zero-order valence-electron chi connectivity index (χ0n) is 17.5. The molecule has 1 N–H and O–H groups in total. The molecule has 1 heterocycles. The lowest BCUT2D eigenvalue weighted by Crippen LogP contribution is -2.42. The van der Waals surface area contributed by atoms with Crippen molar-refractivity contribution in [2.75, 3.05) is 0 Å². The molecule has 3 aromatic rings. The average molecular weight is 456 g/mol. The molecule has 166 valence electrons. The maximum atomic E-state index is 12.7. The van der Waals surface area contributed by atoms with E-state index in [0.29, 0.717) is 17.6 Å². The number of halogens is 1. The molecule has 0 fully saturated rings. The molecule has 0 aliphatic heterocycles. The second kappa shape index (κ2) is 9.44. The molecular formula is C24H22ClNO6. The van der Waals surface area contributed by atoms with E-state index >= 15 is 0 Å². The second-order valence-electron chi connectivity index (χ2n) is 7.57. The number of carbonyl (C=O) groups excluding carboxylic acids is 2. The minimum atomic E-state index is -0.933. The fourth-order valence-corrected chi connectivity index (χ4v) is 3.98. The summed E-state index contributed by atoms with van der Waals surface area (Å²) in [5, 5.41) is 3.47. The number of rotatable bonds is 6. The van der Waals surface area contributed by atoms with Crippen LogP contribution in [0.25, 0.3) is 11.0 Å². The lowest BCUT2D eigenvalue weighted by atomic mass is 10.1. The fourth-order valence-electron chi connectivity index (χ4n) is 3.78. The number of ether oxygens (including phenoxy) is 2. The van der Waals surface area contributed by atoms with E-state index in [-0.39, 0.29) is 29.4 Å². The Labute approximate surface area is 189 Å². The number of hydrogen-bond acceptors (Lipinski definition) is 6. The summed E-state index contributed by atoms with van der Waals surface area (Å²) in [4.78, 5) is 37.0. The summed E-state index contributed by atoms with van der Waals surface area (Å²) in [5.41, 5.74) is 2.38. The van der Waals surface area contributed by atoms with Crippen LogP contribution in [0.4, 0.5) is 4.79 Å². The SMILES string of the molecule is CCC(NC(=O)OCc1ccccc1)C(=O)Oc1cc2oc(=O)c3c(c2cc1Cl)CCC3. The van der Waals surface area contributed by atoms with E-state index in [1.54, 1.807) is 13.0 Å². The molecule has 0 radical (unpaired) electrons. The molecule has 8 heteroatoms. The number of amides is 1. The summed E-state index contributed by atoms with van der Waals surface area (Å²) in [6.45, 7) is 1.81. The van der Waals surface area contributed by atoms with Gasteiger partial charge in [0.1, 0.15) is 18.2 Å². The number of alkyl carbamates (subject to hydrolysis) is 1. The Morgan fingerprint density at radius 2 is 1.91 bits per heavy atom. The molecule has 0 saturated carbocycles. The maximum absolute atomic E-state index is 12.7. The molecule has 1 unspecified atom stereocenters. The molecule has 1 atom stereocenters. The van der Waals surface area contributed by atoms with E-state index in [9.17, 15) is 14.4 Å². The first-order valence-corrected chi connectivity index (χ1v) is 10.8.